The van der Waals surface area contributed by atoms with E-state index in [2.05, 4.69) is 20.8 Å². The second-order valence-electron chi connectivity index (χ2n) is 5.60. The van der Waals surface area contributed by atoms with Gasteiger partial charge in [0, 0.05) is 11.4 Å². The van der Waals surface area contributed by atoms with Gasteiger partial charge in [-0.1, -0.05) is 12.1 Å². The van der Waals surface area contributed by atoms with Gasteiger partial charge in [0.15, 0.2) is 0 Å². The van der Waals surface area contributed by atoms with E-state index in [1.165, 1.54) is 28.0 Å². The third-order valence-corrected chi connectivity index (χ3v) is 5.31. The largest absolute Gasteiger partial charge is 0.348 e. The summed E-state index contributed by atoms with van der Waals surface area (Å²) in [5.74, 6) is -0.489. The third-order valence-electron chi connectivity index (χ3n) is 4.03. The predicted molar refractivity (Wildman–Crippen MR) is 86.6 cm³/mol. The molecule has 1 amide bonds. The molecular formula is C16H14FN5OS. The molecule has 1 aliphatic rings. The summed E-state index contributed by atoms with van der Waals surface area (Å²) in [5.41, 5.74) is 2.44. The van der Waals surface area contributed by atoms with E-state index in [-0.39, 0.29) is 18.3 Å². The summed E-state index contributed by atoms with van der Waals surface area (Å²) in [4.78, 5) is 14.0. The van der Waals surface area contributed by atoms with Gasteiger partial charge in [-0.2, -0.15) is 4.68 Å². The smallest absolute Gasteiger partial charge is 0.254 e. The SMILES string of the molecule is O=C(NCc1cccc(F)c1)c1c(-n2cnnn2)sc2c1CCC2. The van der Waals surface area contributed by atoms with Crippen LogP contribution in [-0.4, -0.2) is 26.1 Å². The minimum atomic E-state index is -0.312. The lowest BCUT2D eigenvalue weighted by Gasteiger charge is -2.08. The number of amides is 1. The molecule has 0 saturated heterocycles. The first-order chi connectivity index (χ1) is 11.7. The van der Waals surface area contributed by atoms with Crippen LogP contribution in [0.5, 0.6) is 0 Å². The first-order valence-electron chi connectivity index (χ1n) is 7.63. The van der Waals surface area contributed by atoms with Crippen LogP contribution < -0.4 is 5.32 Å². The maximum absolute atomic E-state index is 13.3. The van der Waals surface area contributed by atoms with Gasteiger partial charge < -0.3 is 5.32 Å². The summed E-state index contributed by atoms with van der Waals surface area (Å²) < 4.78 is 14.8. The Kier molecular flexibility index (Phi) is 3.81. The number of halogens is 1. The molecule has 24 heavy (non-hydrogen) atoms. The highest BCUT2D eigenvalue weighted by molar-refractivity contribution is 7.15. The summed E-state index contributed by atoms with van der Waals surface area (Å²) >= 11 is 1.56. The average Bonchev–Trinajstić information content (AvgIpc) is 3.28. The van der Waals surface area contributed by atoms with Gasteiger partial charge in [0.05, 0.1) is 5.56 Å². The van der Waals surface area contributed by atoms with E-state index >= 15 is 0 Å². The lowest BCUT2D eigenvalue weighted by molar-refractivity contribution is 0.0950. The Morgan fingerprint density at radius 2 is 2.29 bits per heavy atom. The summed E-state index contributed by atoms with van der Waals surface area (Å²) in [6.07, 6.45) is 4.41. The molecule has 2 aromatic heterocycles. The molecule has 1 N–H and O–H groups in total. The maximum Gasteiger partial charge on any atom is 0.254 e. The number of carbonyl (C=O) groups excluding carboxylic acids is 1. The van der Waals surface area contributed by atoms with Gasteiger partial charge in [-0.25, -0.2) is 4.39 Å². The second-order valence-corrected chi connectivity index (χ2v) is 6.69. The predicted octanol–water partition coefficient (Wildman–Crippen LogP) is 2.28. The third kappa shape index (κ3) is 2.69. The Morgan fingerprint density at radius 1 is 1.38 bits per heavy atom. The Hall–Kier alpha value is -2.61. The van der Waals surface area contributed by atoms with Crippen LogP contribution in [-0.2, 0) is 19.4 Å². The Labute approximate surface area is 141 Å². The zero-order valence-corrected chi connectivity index (χ0v) is 13.5. The van der Waals surface area contributed by atoms with Crippen LogP contribution >= 0.6 is 11.3 Å². The summed E-state index contributed by atoms with van der Waals surface area (Å²) in [5, 5.41) is 14.8. The van der Waals surface area contributed by atoms with Crippen molar-refractivity contribution in [3.63, 3.8) is 0 Å². The van der Waals surface area contributed by atoms with Gasteiger partial charge in [-0.3, -0.25) is 4.79 Å². The van der Waals surface area contributed by atoms with Crippen LogP contribution in [0.15, 0.2) is 30.6 Å². The molecule has 1 aliphatic carbocycles. The molecular weight excluding hydrogens is 329 g/mol. The molecule has 8 heteroatoms. The van der Waals surface area contributed by atoms with Crippen molar-refractivity contribution in [1.29, 1.82) is 0 Å². The molecule has 1 aromatic carbocycles. The standard InChI is InChI=1S/C16H14FN5OS/c17-11-4-1-3-10(7-11)8-18-15(23)14-12-5-2-6-13(12)24-16(14)22-9-19-20-21-22/h1,3-4,7,9H,2,5-6,8H2,(H,18,23). The number of fused-ring (bicyclic) bond motifs is 1. The number of nitrogens with zero attached hydrogens (tertiary/aromatic N) is 4. The van der Waals surface area contributed by atoms with E-state index in [9.17, 15) is 9.18 Å². The molecule has 0 aliphatic heterocycles. The number of hydrogen-bond acceptors (Lipinski definition) is 5. The topological polar surface area (TPSA) is 72.7 Å². The fourth-order valence-corrected chi connectivity index (χ4v) is 4.26. The molecule has 0 radical (unpaired) electrons. The van der Waals surface area contributed by atoms with Crippen LogP contribution in [0.2, 0.25) is 0 Å². The summed E-state index contributed by atoms with van der Waals surface area (Å²) in [6, 6.07) is 6.21. The molecule has 0 unspecified atom stereocenters. The molecule has 0 saturated carbocycles. The highest BCUT2D eigenvalue weighted by Crippen LogP contribution is 2.37. The van der Waals surface area contributed by atoms with Gasteiger partial charge >= 0.3 is 0 Å². The van der Waals surface area contributed by atoms with Crippen molar-refractivity contribution in [3.8, 4) is 5.00 Å². The number of rotatable bonds is 4. The fraction of sp³-hybridized carbons (Fsp3) is 0.250. The number of carbonyl (C=O) groups is 1. The van der Waals surface area contributed by atoms with Crippen molar-refractivity contribution < 1.29 is 9.18 Å². The molecule has 0 fully saturated rings. The highest BCUT2D eigenvalue weighted by Gasteiger charge is 2.27. The quantitative estimate of drug-likeness (QED) is 0.789. The van der Waals surface area contributed by atoms with Gasteiger partial charge in [0.25, 0.3) is 5.91 Å². The Bertz CT molecular complexity index is 890. The molecule has 0 spiro atoms. The molecule has 122 valence electrons. The minimum absolute atomic E-state index is 0.177. The Morgan fingerprint density at radius 3 is 3.08 bits per heavy atom. The number of nitrogens with one attached hydrogen (secondary N) is 1. The molecule has 2 heterocycles. The van der Waals surface area contributed by atoms with Crippen LogP contribution in [0.3, 0.4) is 0 Å². The van der Waals surface area contributed by atoms with Crippen molar-refractivity contribution in [3.05, 3.63) is 58.0 Å². The van der Waals surface area contributed by atoms with Crippen molar-refractivity contribution in [1.82, 2.24) is 25.5 Å². The van der Waals surface area contributed by atoms with Crippen molar-refractivity contribution >= 4 is 17.2 Å². The van der Waals surface area contributed by atoms with Gasteiger partial charge in [-0.15, -0.1) is 16.4 Å². The van der Waals surface area contributed by atoms with E-state index in [1.54, 1.807) is 23.5 Å². The molecule has 4 rings (SSSR count). The summed E-state index contributed by atoms with van der Waals surface area (Å²) in [7, 11) is 0. The van der Waals surface area contributed by atoms with E-state index in [4.69, 9.17) is 0 Å². The fourth-order valence-electron chi connectivity index (χ4n) is 2.96. The van der Waals surface area contributed by atoms with Gasteiger partial charge in [0.2, 0.25) is 0 Å². The Balaban J connectivity index is 1.62. The number of aryl methyl sites for hydroxylation is 1. The van der Waals surface area contributed by atoms with Crippen LogP contribution in [0.25, 0.3) is 5.00 Å². The average molecular weight is 343 g/mol. The number of benzene rings is 1. The molecule has 3 aromatic rings. The number of hydrogen-bond donors (Lipinski definition) is 1. The van der Waals surface area contributed by atoms with E-state index < -0.39 is 0 Å². The van der Waals surface area contributed by atoms with E-state index in [0.717, 1.165) is 35.4 Å². The first-order valence-corrected chi connectivity index (χ1v) is 8.44. The summed E-state index contributed by atoms with van der Waals surface area (Å²) in [6.45, 7) is 0.274. The highest BCUT2D eigenvalue weighted by atomic mass is 32.1. The van der Waals surface area contributed by atoms with Crippen molar-refractivity contribution in [2.24, 2.45) is 0 Å². The first kappa shape index (κ1) is 14.9. The number of aromatic nitrogens is 4. The minimum Gasteiger partial charge on any atom is -0.348 e. The van der Waals surface area contributed by atoms with Crippen LogP contribution in [0.1, 0.15) is 32.8 Å². The second kappa shape index (κ2) is 6.12. The number of tetrazole rings is 1. The lowest BCUT2D eigenvalue weighted by Crippen LogP contribution is -2.24. The van der Waals surface area contributed by atoms with Gasteiger partial charge in [0.1, 0.15) is 17.1 Å². The molecule has 0 atom stereocenters. The van der Waals surface area contributed by atoms with Gasteiger partial charge in [-0.05, 0) is 52.9 Å². The zero-order valence-electron chi connectivity index (χ0n) is 12.7. The normalized spacial score (nSPS) is 13.0. The number of thiophene rings is 1. The maximum atomic E-state index is 13.3. The van der Waals surface area contributed by atoms with E-state index in [1.807, 2.05) is 0 Å². The van der Waals surface area contributed by atoms with Crippen molar-refractivity contribution in [2.45, 2.75) is 25.8 Å². The lowest BCUT2D eigenvalue weighted by atomic mass is 10.1. The molecule has 0 bridgehead atoms. The zero-order chi connectivity index (χ0) is 16.5. The van der Waals surface area contributed by atoms with E-state index in [0.29, 0.717) is 5.56 Å². The van der Waals surface area contributed by atoms with Crippen LogP contribution in [0, 0.1) is 5.82 Å². The molecule has 6 nitrogen and oxygen atoms in total. The monoisotopic (exact) mass is 343 g/mol. The van der Waals surface area contributed by atoms with Crippen molar-refractivity contribution in [2.75, 3.05) is 0 Å². The van der Waals surface area contributed by atoms with Crippen LogP contribution in [0.4, 0.5) is 4.39 Å².